The Bertz CT molecular complexity index is 2040. The maximum absolute atomic E-state index is 14.5. The Morgan fingerprint density at radius 1 is 1.10 bits per heavy atom. The molecule has 0 aliphatic heterocycles. The van der Waals surface area contributed by atoms with Gasteiger partial charge < -0.3 is 19.8 Å². The number of hydrogen-bond donors (Lipinski definition) is 2. The van der Waals surface area contributed by atoms with E-state index < -0.39 is 23.7 Å². The number of thiophene rings is 1. The molecule has 0 atom stereocenters. The first kappa shape index (κ1) is 38.7. The zero-order valence-electron chi connectivity index (χ0n) is 29.1. The lowest BCUT2D eigenvalue weighted by Gasteiger charge is -2.45. The molecule has 1 saturated carbocycles. The standard InChI is InChI=1S/C27H31ClFN3O2.C10H7F3N2O2S/c1-17-8-5-6-9-19(17)16-27(32(3)4)14-12-20(13-15-27)30-26(33)23-18(2)34-31-25(23)24-21(28)10-7-11-22(24)29;1-15-8(10(11,12)13)4-5(14-15)6-2-3-7(18-6)9(16)17/h5-11,20H,12-16H2,1-4H3,(H,30,33);2-4H,1H3,(H,16,17). The molecule has 5 aromatic rings. The Hall–Kier alpha value is -4.53. The van der Waals surface area contributed by atoms with Crippen molar-refractivity contribution in [1.82, 2.24) is 25.2 Å². The minimum absolute atomic E-state index is 0.0238. The second-order valence-electron chi connectivity index (χ2n) is 13.0. The van der Waals surface area contributed by atoms with Crippen LogP contribution >= 0.6 is 22.9 Å². The number of nitrogens with one attached hydrogen (secondary N) is 1. The highest BCUT2D eigenvalue weighted by atomic mass is 35.5. The zero-order valence-corrected chi connectivity index (χ0v) is 30.7. The third-order valence-corrected chi connectivity index (χ3v) is 10.9. The van der Waals surface area contributed by atoms with Crippen molar-refractivity contribution in [3.05, 3.63) is 105 Å². The normalized spacial score (nSPS) is 17.5. The van der Waals surface area contributed by atoms with Crippen LogP contribution in [0.4, 0.5) is 17.6 Å². The number of benzene rings is 2. The zero-order chi connectivity index (χ0) is 38.0. The van der Waals surface area contributed by atoms with E-state index in [1.54, 1.807) is 13.0 Å². The third-order valence-electron chi connectivity index (χ3n) is 9.51. The number of carboxylic acids is 1. The summed E-state index contributed by atoms with van der Waals surface area (Å²) in [4.78, 5) is 26.7. The van der Waals surface area contributed by atoms with Crippen LogP contribution in [0, 0.1) is 19.7 Å². The monoisotopic (exact) mass is 759 g/mol. The smallest absolute Gasteiger partial charge is 0.433 e. The van der Waals surface area contributed by atoms with Crippen LogP contribution in [0.25, 0.3) is 21.8 Å². The summed E-state index contributed by atoms with van der Waals surface area (Å²) in [6.07, 6.45) is 0.147. The summed E-state index contributed by atoms with van der Waals surface area (Å²) in [6.45, 7) is 3.81. The van der Waals surface area contributed by atoms with Gasteiger partial charge in [-0.25, -0.2) is 9.18 Å². The molecule has 0 bridgehead atoms. The van der Waals surface area contributed by atoms with Gasteiger partial charge in [-0.05, 0) is 102 Å². The number of likely N-dealkylation sites (N-methyl/N-ethyl adjacent to an activating group) is 1. The average Bonchev–Trinajstić information content (AvgIpc) is 3.82. The number of aromatic carboxylic acids is 1. The van der Waals surface area contributed by atoms with Crippen molar-refractivity contribution in [3.8, 4) is 21.8 Å². The first-order valence-electron chi connectivity index (χ1n) is 16.4. The molecule has 2 aromatic carbocycles. The number of halogens is 5. The number of carboxylic acid groups (broad SMARTS) is 1. The highest BCUT2D eigenvalue weighted by Gasteiger charge is 2.39. The first-order chi connectivity index (χ1) is 24.5. The summed E-state index contributed by atoms with van der Waals surface area (Å²) in [5, 5.41) is 19.8. The minimum Gasteiger partial charge on any atom is -0.477 e. The van der Waals surface area contributed by atoms with E-state index in [1.165, 1.54) is 42.4 Å². The Labute approximate surface area is 307 Å². The van der Waals surface area contributed by atoms with Gasteiger partial charge in [0.05, 0.1) is 15.5 Å². The van der Waals surface area contributed by atoms with Gasteiger partial charge >= 0.3 is 12.1 Å². The summed E-state index contributed by atoms with van der Waals surface area (Å²) in [5.41, 5.74) is 2.41. The number of carbonyl (C=O) groups excluding carboxylic acids is 1. The fourth-order valence-electron chi connectivity index (χ4n) is 6.48. The van der Waals surface area contributed by atoms with Crippen molar-refractivity contribution in [3.63, 3.8) is 0 Å². The summed E-state index contributed by atoms with van der Waals surface area (Å²) < 4.78 is 58.2. The van der Waals surface area contributed by atoms with Gasteiger partial charge in [0, 0.05) is 18.6 Å². The van der Waals surface area contributed by atoms with E-state index in [9.17, 15) is 27.2 Å². The highest BCUT2D eigenvalue weighted by Crippen LogP contribution is 2.38. The van der Waals surface area contributed by atoms with Gasteiger partial charge in [-0.1, -0.05) is 47.1 Å². The van der Waals surface area contributed by atoms with E-state index in [-0.39, 0.29) is 49.9 Å². The molecule has 0 radical (unpaired) electrons. The summed E-state index contributed by atoms with van der Waals surface area (Å²) in [5.74, 6) is -1.63. The molecule has 276 valence electrons. The SMILES string of the molecule is Cc1ccccc1CC1(N(C)C)CCC(NC(=O)c2c(-c3c(F)cccc3Cl)noc2C)CC1.Cn1nc(-c2ccc(C(=O)O)s2)cc1C(F)(F)F. The molecule has 15 heteroatoms. The summed E-state index contributed by atoms with van der Waals surface area (Å²) in [7, 11) is 5.47. The largest absolute Gasteiger partial charge is 0.477 e. The van der Waals surface area contributed by atoms with Gasteiger partial charge in [0.2, 0.25) is 0 Å². The Kier molecular flexibility index (Phi) is 11.6. The Morgan fingerprint density at radius 3 is 2.37 bits per heavy atom. The molecule has 9 nitrogen and oxygen atoms in total. The van der Waals surface area contributed by atoms with E-state index in [1.807, 2.05) is 0 Å². The van der Waals surface area contributed by atoms with Gasteiger partial charge in [-0.2, -0.15) is 18.3 Å². The minimum atomic E-state index is -4.48. The van der Waals surface area contributed by atoms with Crippen LogP contribution in [0.5, 0.6) is 0 Å². The number of alkyl halides is 3. The van der Waals surface area contributed by atoms with E-state index >= 15 is 0 Å². The molecular weight excluding hydrogens is 722 g/mol. The molecule has 1 amide bonds. The van der Waals surface area contributed by atoms with Gasteiger partial charge in [-0.3, -0.25) is 9.48 Å². The van der Waals surface area contributed by atoms with Gasteiger partial charge in [0.25, 0.3) is 5.91 Å². The van der Waals surface area contributed by atoms with Crippen LogP contribution in [0.15, 0.2) is 65.2 Å². The summed E-state index contributed by atoms with van der Waals surface area (Å²) >= 11 is 7.11. The van der Waals surface area contributed by atoms with Crippen molar-refractivity contribution >= 4 is 34.8 Å². The quantitative estimate of drug-likeness (QED) is 0.152. The second kappa shape index (κ2) is 15.6. The molecular formula is C37H38ClF4N5O4S. The molecule has 0 unspecified atom stereocenters. The molecule has 3 heterocycles. The molecule has 52 heavy (non-hydrogen) atoms. The lowest BCUT2D eigenvalue weighted by molar-refractivity contribution is -0.143. The van der Waals surface area contributed by atoms with E-state index in [0.717, 1.165) is 54.2 Å². The number of nitrogens with zero attached hydrogens (tertiary/aromatic N) is 4. The summed E-state index contributed by atoms with van der Waals surface area (Å²) in [6, 6.07) is 16.6. The number of carbonyl (C=O) groups is 2. The van der Waals surface area contributed by atoms with Crippen LogP contribution in [-0.4, -0.2) is 62.5 Å². The molecule has 2 N–H and O–H groups in total. The van der Waals surface area contributed by atoms with Gasteiger partial charge in [-0.15, -0.1) is 11.3 Å². The van der Waals surface area contributed by atoms with Gasteiger partial charge in [0.1, 0.15) is 39.1 Å². The lowest BCUT2D eigenvalue weighted by Crippen LogP contribution is -2.52. The van der Waals surface area contributed by atoms with E-state index in [4.69, 9.17) is 21.2 Å². The van der Waals surface area contributed by atoms with Crippen molar-refractivity contribution < 1.29 is 36.8 Å². The van der Waals surface area contributed by atoms with Gasteiger partial charge in [0.15, 0.2) is 0 Å². The third kappa shape index (κ3) is 8.40. The van der Waals surface area contributed by atoms with Crippen LogP contribution in [0.1, 0.15) is 68.3 Å². The Balaban J connectivity index is 0.000000244. The molecule has 1 aliphatic rings. The van der Waals surface area contributed by atoms with Crippen LogP contribution in [0.3, 0.4) is 0 Å². The predicted octanol–water partition coefficient (Wildman–Crippen LogP) is 8.83. The fraction of sp³-hybridized carbons (Fsp3) is 0.351. The lowest BCUT2D eigenvalue weighted by atomic mass is 9.74. The topological polar surface area (TPSA) is 113 Å². The van der Waals surface area contributed by atoms with Crippen LogP contribution in [-0.2, 0) is 19.6 Å². The number of rotatable bonds is 8. The van der Waals surface area contributed by atoms with Crippen molar-refractivity contribution in [2.75, 3.05) is 14.1 Å². The number of aryl methyl sites for hydroxylation is 3. The van der Waals surface area contributed by atoms with Crippen molar-refractivity contribution in [2.45, 2.75) is 63.7 Å². The maximum atomic E-state index is 14.5. The molecule has 3 aromatic heterocycles. The molecule has 1 aliphatic carbocycles. The number of hydrogen-bond acceptors (Lipinski definition) is 7. The molecule has 1 fully saturated rings. The average molecular weight is 760 g/mol. The van der Waals surface area contributed by atoms with Crippen LogP contribution in [0.2, 0.25) is 5.02 Å². The first-order valence-corrected chi connectivity index (χ1v) is 17.6. The molecule has 0 spiro atoms. The van der Waals surface area contributed by atoms with E-state index in [0.29, 0.717) is 10.6 Å². The van der Waals surface area contributed by atoms with Crippen molar-refractivity contribution in [1.29, 1.82) is 0 Å². The van der Waals surface area contributed by atoms with Crippen molar-refractivity contribution in [2.24, 2.45) is 7.05 Å². The molecule has 6 rings (SSSR count). The maximum Gasteiger partial charge on any atom is 0.433 e. The van der Waals surface area contributed by atoms with Crippen LogP contribution < -0.4 is 5.32 Å². The number of amides is 1. The Morgan fingerprint density at radius 2 is 1.79 bits per heavy atom. The highest BCUT2D eigenvalue weighted by molar-refractivity contribution is 7.17. The molecule has 0 saturated heterocycles. The predicted molar refractivity (Wildman–Crippen MR) is 191 cm³/mol. The number of aromatic nitrogens is 3. The second-order valence-corrected chi connectivity index (χ2v) is 14.5. The van der Waals surface area contributed by atoms with E-state index in [2.05, 4.69) is 65.8 Å². The fourth-order valence-corrected chi connectivity index (χ4v) is 7.53.